The Bertz CT molecular complexity index is 878. The smallest absolute Gasteiger partial charge is 0.265 e. The highest BCUT2D eigenvalue weighted by atomic mass is 32.1. The van der Waals surface area contributed by atoms with Crippen LogP contribution in [-0.2, 0) is 6.42 Å². The Labute approximate surface area is 154 Å². The first kappa shape index (κ1) is 16.8. The van der Waals surface area contributed by atoms with Crippen LogP contribution in [0.25, 0.3) is 10.8 Å². The summed E-state index contributed by atoms with van der Waals surface area (Å²) in [6, 6.07) is 1.77. The number of nitrogens with one attached hydrogen (secondary N) is 1. The number of hydrogen-bond donors (Lipinski definition) is 1. The number of aromatic nitrogens is 6. The SMILES string of the molecule is CCc1nc(-c2ncccn2)sc1C(=O)N1CCCC(c2ncn[nH]2)C1. The number of aryl methyl sites for hydroxylation is 1. The van der Waals surface area contributed by atoms with Gasteiger partial charge in [0.15, 0.2) is 10.8 Å². The first-order valence-corrected chi connectivity index (χ1v) is 9.49. The predicted octanol–water partition coefficient (Wildman–Crippen LogP) is 2.30. The van der Waals surface area contributed by atoms with Crippen molar-refractivity contribution in [2.24, 2.45) is 0 Å². The van der Waals surface area contributed by atoms with Crippen molar-refractivity contribution in [1.82, 2.24) is 35.0 Å². The van der Waals surface area contributed by atoms with E-state index in [4.69, 9.17) is 0 Å². The fourth-order valence-electron chi connectivity index (χ4n) is 3.20. The molecule has 1 saturated heterocycles. The number of carbonyl (C=O) groups excluding carboxylic acids is 1. The number of carbonyl (C=O) groups is 1. The number of amides is 1. The van der Waals surface area contributed by atoms with E-state index in [1.807, 2.05) is 11.8 Å². The molecule has 0 bridgehead atoms. The summed E-state index contributed by atoms with van der Waals surface area (Å²) in [6.45, 7) is 3.41. The third-order valence-electron chi connectivity index (χ3n) is 4.51. The molecule has 3 aromatic rings. The average molecular weight is 369 g/mol. The number of likely N-dealkylation sites (tertiary alicyclic amines) is 1. The molecule has 1 aliphatic heterocycles. The van der Waals surface area contributed by atoms with Crippen molar-refractivity contribution < 1.29 is 4.79 Å². The fourth-order valence-corrected chi connectivity index (χ4v) is 4.27. The van der Waals surface area contributed by atoms with Gasteiger partial charge in [-0.05, 0) is 25.3 Å². The van der Waals surface area contributed by atoms with Gasteiger partial charge < -0.3 is 4.90 Å². The molecule has 9 heteroatoms. The summed E-state index contributed by atoms with van der Waals surface area (Å²) in [5, 5.41) is 7.55. The van der Waals surface area contributed by atoms with Gasteiger partial charge in [-0.25, -0.2) is 19.9 Å². The van der Waals surface area contributed by atoms with Crippen molar-refractivity contribution >= 4 is 17.2 Å². The van der Waals surface area contributed by atoms with Gasteiger partial charge in [-0.3, -0.25) is 9.89 Å². The third-order valence-corrected chi connectivity index (χ3v) is 5.59. The molecular weight excluding hydrogens is 350 g/mol. The fraction of sp³-hybridized carbons (Fsp3) is 0.412. The Morgan fingerprint density at radius 2 is 2.19 bits per heavy atom. The highest BCUT2D eigenvalue weighted by molar-refractivity contribution is 7.17. The molecule has 1 unspecified atom stereocenters. The molecule has 0 aromatic carbocycles. The summed E-state index contributed by atoms with van der Waals surface area (Å²) >= 11 is 1.37. The van der Waals surface area contributed by atoms with Crippen molar-refractivity contribution in [2.75, 3.05) is 13.1 Å². The lowest BCUT2D eigenvalue weighted by Gasteiger charge is -2.31. The van der Waals surface area contributed by atoms with Gasteiger partial charge in [0.2, 0.25) is 0 Å². The van der Waals surface area contributed by atoms with E-state index in [1.54, 1.807) is 18.5 Å². The first-order valence-electron chi connectivity index (χ1n) is 8.68. The zero-order valence-electron chi connectivity index (χ0n) is 14.4. The third kappa shape index (κ3) is 3.22. The Hall–Kier alpha value is -2.68. The van der Waals surface area contributed by atoms with E-state index in [-0.39, 0.29) is 11.8 Å². The number of thiazole rings is 1. The quantitative estimate of drug-likeness (QED) is 0.757. The zero-order valence-corrected chi connectivity index (χ0v) is 15.2. The monoisotopic (exact) mass is 369 g/mol. The van der Waals surface area contributed by atoms with E-state index in [0.717, 1.165) is 30.9 Å². The minimum absolute atomic E-state index is 0.0331. The molecule has 134 valence electrons. The Balaban J connectivity index is 1.58. The maximum atomic E-state index is 13.1. The minimum atomic E-state index is 0.0331. The lowest BCUT2D eigenvalue weighted by molar-refractivity contribution is 0.0708. The molecule has 4 rings (SSSR count). The Morgan fingerprint density at radius 1 is 1.35 bits per heavy atom. The summed E-state index contributed by atoms with van der Waals surface area (Å²) in [7, 11) is 0. The molecule has 4 heterocycles. The molecule has 0 spiro atoms. The second kappa shape index (κ2) is 7.28. The van der Waals surface area contributed by atoms with Crippen molar-refractivity contribution in [3.05, 3.63) is 41.2 Å². The molecule has 3 aromatic heterocycles. The van der Waals surface area contributed by atoms with Gasteiger partial charge in [-0.15, -0.1) is 11.3 Å². The highest BCUT2D eigenvalue weighted by Gasteiger charge is 2.29. The largest absolute Gasteiger partial charge is 0.337 e. The van der Waals surface area contributed by atoms with E-state index >= 15 is 0 Å². The van der Waals surface area contributed by atoms with Gasteiger partial charge in [-0.1, -0.05) is 6.92 Å². The van der Waals surface area contributed by atoms with Gasteiger partial charge >= 0.3 is 0 Å². The summed E-state index contributed by atoms with van der Waals surface area (Å²) < 4.78 is 0. The minimum Gasteiger partial charge on any atom is -0.337 e. The van der Waals surface area contributed by atoms with Crippen LogP contribution in [0.4, 0.5) is 0 Å². The number of nitrogens with zero attached hydrogens (tertiary/aromatic N) is 6. The summed E-state index contributed by atoms with van der Waals surface area (Å²) in [5.41, 5.74) is 0.809. The second-order valence-corrected chi connectivity index (χ2v) is 7.18. The zero-order chi connectivity index (χ0) is 17.9. The van der Waals surface area contributed by atoms with Gasteiger partial charge in [0, 0.05) is 31.4 Å². The van der Waals surface area contributed by atoms with E-state index in [1.165, 1.54) is 17.7 Å². The van der Waals surface area contributed by atoms with Gasteiger partial charge in [-0.2, -0.15) is 5.10 Å². The summed E-state index contributed by atoms with van der Waals surface area (Å²) in [4.78, 5) is 33.1. The van der Waals surface area contributed by atoms with Crippen LogP contribution in [0.15, 0.2) is 24.8 Å². The molecule has 1 fully saturated rings. The molecule has 1 aliphatic rings. The van der Waals surface area contributed by atoms with E-state index in [9.17, 15) is 4.79 Å². The van der Waals surface area contributed by atoms with Gasteiger partial charge in [0.25, 0.3) is 5.91 Å². The summed E-state index contributed by atoms with van der Waals surface area (Å²) in [5.74, 6) is 1.64. The van der Waals surface area contributed by atoms with Crippen LogP contribution in [0.2, 0.25) is 0 Å². The average Bonchev–Trinajstić information content (AvgIpc) is 3.38. The van der Waals surface area contributed by atoms with Gasteiger partial charge in [0.1, 0.15) is 17.0 Å². The number of hydrogen-bond acceptors (Lipinski definition) is 7. The normalized spacial score (nSPS) is 17.4. The van der Waals surface area contributed by atoms with Crippen molar-refractivity contribution in [2.45, 2.75) is 32.1 Å². The molecule has 0 saturated carbocycles. The molecule has 0 aliphatic carbocycles. The molecule has 8 nitrogen and oxygen atoms in total. The van der Waals surface area contributed by atoms with Crippen LogP contribution in [0.5, 0.6) is 0 Å². The molecule has 1 amide bonds. The van der Waals surface area contributed by atoms with E-state index in [0.29, 0.717) is 28.7 Å². The number of aromatic amines is 1. The van der Waals surface area contributed by atoms with E-state index < -0.39 is 0 Å². The lowest BCUT2D eigenvalue weighted by Crippen LogP contribution is -2.39. The first-order chi connectivity index (χ1) is 12.8. The Kier molecular flexibility index (Phi) is 4.70. The van der Waals surface area contributed by atoms with Crippen molar-refractivity contribution in [3.8, 4) is 10.8 Å². The molecule has 1 N–H and O–H groups in total. The lowest BCUT2D eigenvalue weighted by atomic mass is 9.97. The second-order valence-electron chi connectivity index (χ2n) is 6.18. The maximum absolute atomic E-state index is 13.1. The number of piperidine rings is 1. The predicted molar refractivity (Wildman–Crippen MR) is 96.8 cm³/mol. The molecular formula is C17H19N7OS. The Morgan fingerprint density at radius 3 is 2.92 bits per heavy atom. The molecule has 1 atom stereocenters. The maximum Gasteiger partial charge on any atom is 0.265 e. The number of rotatable bonds is 4. The summed E-state index contributed by atoms with van der Waals surface area (Å²) in [6.07, 6.45) is 7.54. The highest BCUT2D eigenvalue weighted by Crippen LogP contribution is 2.30. The van der Waals surface area contributed by atoms with Gasteiger partial charge in [0.05, 0.1) is 5.69 Å². The number of H-pyrrole nitrogens is 1. The van der Waals surface area contributed by atoms with Crippen LogP contribution >= 0.6 is 11.3 Å². The van der Waals surface area contributed by atoms with Crippen molar-refractivity contribution in [3.63, 3.8) is 0 Å². The van der Waals surface area contributed by atoms with Crippen molar-refractivity contribution in [1.29, 1.82) is 0 Å². The standard InChI is InChI=1S/C17H19N7OS/c1-2-12-13(26-16(22-12)15-18-6-4-7-19-15)17(25)24-8-3-5-11(9-24)14-20-10-21-23-14/h4,6-7,10-11H,2-3,5,8-9H2,1H3,(H,20,21,23). The van der Waals surface area contributed by atoms with Crippen LogP contribution in [0, 0.1) is 0 Å². The topological polar surface area (TPSA) is 101 Å². The molecule has 26 heavy (non-hydrogen) atoms. The van der Waals surface area contributed by atoms with Crippen LogP contribution in [0.1, 0.15) is 46.9 Å². The van der Waals surface area contributed by atoms with Crippen LogP contribution in [-0.4, -0.2) is 54.0 Å². The van der Waals surface area contributed by atoms with Crippen LogP contribution < -0.4 is 0 Å². The van der Waals surface area contributed by atoms with E-state index in [2.05, 4.69) is 30.1 Å². The van der Waals surface area contributed by atoms with Crippen LogP contribution in [0.3, 0.4) is 0 Å². The molecule has 0 radical (unpaired) electrons.